The van der Waals surface area contributed by atoms with Gasteiger partial charge in [0.05, 0.1) is 0 Å². The highest BCUT2D eigenvalue weighted by molar-refractivity contribution is 5.93. The first kappa shape index (κ1) is 19.0. The number of phenolic OH excluding ortho intramolecular Hbond substituents is 2. The Hall–Kier alpha value is -2.82. The van der Waals surface area contributed by atoms with E-state index in [1.165, 1.54) is 18.6 Å². The molecule has 1 aliphatic carbocycles. The summed E-state index contributed by atoms with van der Waals surface area (Å²) in [6.07, 6.45) is 12.0. The highest BCUT2D eigenvalue weighted by Crippen LogP contribution is 2.27. The van der Waals surface area contributed by atoms with E-state index in [2.05, 4.69) is 4.98 Å². The average Bonchev–Trinajstić information content (AvgIpc) is 2.70. The number of aromatic hydroxyl groups is 2. The van der Waals surface area contributed by atoms with Crippen LogP contribution in [0.5, 0.6) is 11.5 Å². The van der Waals surface area contributed by atoms with Gasteiger partial charge in [0.1, 0.15) is 5.82 Å². The van der Waals surface area contributed by atoms with E-state index in [4.69, 9.17) is 0 Å². The average molecular weight is 366 g/mol. The van der Waals surface area contributed by atoms with Crippen LogP contribution in [0.1, 0.15) is 44.1 Å². The normalized spacial score (nSPS) is 15.1. The highest BCUT2D eigenvalue weighted by atomic mass is 16.3. The molecule has 0 radical (unpaired) electrons. The number of aromatic nitrogens is 1. The third-order valence-corrected chi connectivity index (χ3v) is 4.96. The molecule has 27 heavy (non-hydrogen) atoms. The third kappa shape index (κ3) is 5.09. The van der Waals surface area contributed by atoms with Crippen LogP contribution in [0.2, 0.25) is 0 Å². The molecule has 0 saturated heterocycles. The minimum absolute atomic E-state index is 0.0606. The van der Waals surface area contributed by atoms with Gasteiger partial charge in [-0.05, 0) is 49.1 Å². The Kier molecular flexibility index (Phi) is 6.47. The number of phenols is 2. The van der Waals surface area contributed by atoms with Crippen molar-refractivity contribution in [2.24, 2.45) is 0 Å². The molecule has 0 aliphatic heterocycles. The fourth-order valence-corrected chi connectivity index (χ4v) is 3.55. The number of rotatable bonds is 6. The molecule has 2 N–H and O–H groups in total. The van der Waals surface area contributed by atoms with Crippen molar-refractivity contribution in [2.45, 2.75) is 51.0 Å². The summed E-state index contributed by atoms with van der Waals surface area (Å²) in [7, 11) is 0. The van der Waals surface area contributed by atoms with Crippen LogP contribution in [0.3, 0.4) is 0 Å². The Morgan fingerprint density at radius 2 is 1.89 bits per heavy atom. The van der Waals surface area contributed by atoms with E-state index >= 15 is 0 Å². The van der Waals surface area contributed by atoms with Crippen LogP contribution >= 0.6 is 0 Å². The first-order valence-electron chi connectivity index (χ1n) is 9.54. The molecule has 1 fully saturated rings. The number of allylic oxidation sites excluding steroid dienone is 1. The zero-order chi connectivity index (χ0) is 19.1. The molecule has 0 bridgehead atoms. The fourth-order valence-electron chi connectivity index (χ4n) is 3.55. The molecule has 0 atom stereocenters. The monoisotopic (exact) mass is 366 g/mol. The summed E-state index contributed by atoms with van der Waals surface area (Å²) in [5, 5.41) is 18.9. The van der Waals surface area contributed by atoms with Crippen molar-refractivity contribution in [2.75, 3.05) is 4.90 Å². The number of carbonyl (C=O) groups excluding carboxylic acids is 1. The van der Waals surface area contributed by atoms with Gasteiger partial charge in [0.15, 0.2) is 11.5 Å². The Morgan fingerprint density at radius 1 is 1.07 bits per heavy atom. The maximum absolute atomic E-state index is 12.9. The Labute approximate surface area is 160 Å². The van der Waals surface area contributed by atoms with E-state index in [9.17, 15) is 15.0 Å². The maximum Gasteiger partial charge on any atom is 0.232 e. The number of anilines is 1. The van der Waals surface area contributed by atoms with Gasteiger partial charge in [-0.15, -0.1) is 0 Å². The minimum Gasteiger partial charge on any atom is -0.504 e. The molecule has 1 heterocycles. The van der Waals surface area contributed by atoms with E-state index in [0.29, 0.717) is 12.8 Å². The molecular weight excluding hydrogens is 340 g/mol. The number of amides is 1. The minimum atomic E-state index is -0.129. The van der Waals surface area contributed by atoms with Crippen LogP contribution < -0.4 is 4.90 Å². The van der Waals surface area contributed by atoms with Crippen LogP contribution in [0.15, 0.2) is 54.7 Å². The lowest BCUT2D eigenvalue weighted by Gasteiger charge is -2.33. The standard InChI is InChI=1S/C22H26N2O3/c25-19-14-13-17(16-20(19)26)8-4-5-12-22(27)24(18-9-2-1-3-10-18)21-11-6-7-15-23-21/h4-7,11,13-16,18,25-26H,1-3,8-10,12H2/b5-4+. The van der Waals surface area contributed by atoms with Crippen molar-refractivity contribution < 1.29 is 15.0 Å². The van der Waals surface area contributed by atoms with Gasteiger partial charge in [-0.25, -0.2) is 4.98 Å². The molecule has 1 amide bonds. The van der Waals surface area contributed by atoms with Crippen molar-refractivity contribution in [3.8, 4) is 11.5 Å². The summed E-state index contributed by atoms with van der Waals surface area (Å²) >= 11 is 0. The number of pyridine rings is 1. The summed E-state index contributed by atoms with van der Waals surface area (Å²) in [6.45, 7) is 0. The van der Waals surface area contributed by atoms with Crippen molar-refractivity contribution >= 4 is 11.7 Å². The van der Waals surface area contributed by atoms with Crippen LogP contribution in [0.25, 0.3) is 0 Å². The van der Waals surface area contributed by atoms with Gasteiger partial charge in [-0.3, -0.25) is 9.69 Å². The predicted octanol–water partition coefficient (Wildman–Crippen LogP) is 4.35. The second-order valence-electron chi connectivity index (χ2n) is 6.95. The molecule has 142 valence electrons. The molecule has 5 heteroatoms. The molecule has 3 rings (SSSR count). The van der Waals surface area contributed by atoms with Gasteiger partial charge >= 0.3 is 0 Å². The van der Waals surface area contributed by atoms with Gasteiger partial charge in [0.25, 0.3) is 0 Å². The van der Waals surface area contributed by atoms with E-state index < -0.39 is 0 Å². The van der Waals surface area contributed by atoms with Gasteiger partial charge in [0.2, 0.25) is 5.91 Å². The van der Waals surface area contributed by atoms with Gasteiger partial charge < -0.3 is 10.2 Å². The number of hydrogen-bond acceptors (Lipinski definition) is 4. The summed E-state index contributed by atoms with van der Waals surface area (Å²) in [4.78, 5) is 19.2. The third-order valence-electron chi connectivity index (χ3n) is 4.96. The first-order valence-corrected chi connectivity index (χ1v) is 9.54. The molecule has 0 spiro atoms. The van der Waals surface area contributed by atoms with Crippen LogP contribution in [0, 0.1) is 0 Å². The predicted molar refractivity (Wildman–Crippen MR) is 106 cm³/mol. The summed E-state index contributed by atoms with van der Waals surface area (Å²) < 4.78 is 0. The molecule has 1 saturated carbocycles. The second kappa shape index (κ2) is 9.21. The van der Waals surface area contributed by atoms with E-state index in [0.717, 1.165) is 37.1 Å². The lowest BCUT2D eigenvalue weighted by Crippen LogP contribution is -2.41. The van der Waals surface area contributed by atoms with E-state index in [1.807, 2.05) is 35.3 Å². The van der Waals surface area contributed by atoms with E-state index in [-0.39, 0.29) is 23.4 Å². The fraction of sp³-hybridized carbons (Fsp3) is 0.364. The van der Waals surface area contributed by atoms with E-state index in [1.54, 1.807) is 12.3 Å². The van der Waals surface area contributed by atoms with Crippen LogP contribution in [-0.2, 0) is 11.2 Å². The topological polar surface area (TPSA) is 73.7 Å². The molecule has 2 aromatic rings. The smallest absolute Gasteiger partial charge is 0.232 e. The summed E-state index contributed by atoms with van der Waals surface area (Å²) in [5.74, 6) is 0.531. The Morgan fingerprint density at radius 3 is 2.59 bits per heavy atom. The quantitative estimate of drug-likeness (QED) is 0.589. The van der Waals surface area contributed by atoms with Crippen LogP contribution in [-0.4, -0.2) is 27.1 Å². The number of benzene rings is 1. The molecular formula is C22H26N2O3. The lowest BCUT2D eigenvalue weighted by atomic mass is 9.94. The van der Waals surface area contributed by atoms with Crippen LogP contribution in [0.4, 0.5) is 5.82 Å². The number of hydrogen-bond donors (Lipinski definition) is 2. The van der Waals surface area contributed by atoms with Crippen molar-refractivity contribution in [1.82, 2.24) is 4.98 Å². The molecule has 1 aliphatic rings. The number of carbonyl (C=O) groups is 1. The maximum atomic E-state index is 12.9. The summed E-state index contributed by atoms with van der Waals surface area (Å²) in [6, 6.07) is 10.7. The van der Waals surface area contributed by atoms with Crippen molar-refractivity contribution in [3.05, 3.63) is 60.3 Å². The lowest BCUT2D eigenvalue weighted by molar-refractivity contribution is -0.118. The number of nitrogens with zero attached hydrogens (tertiary/aromatic N) is 2. The highest BCUT2D eigenvalue weighted by Gasteiger charge is 2.26. The van der Waals surface area contributed by atoms with Gasteiger partial charge in [-0.2, -0.15) is 0 Å². The molecule has 5 nitrogen and oxygen atoms in total. The van der Waals surface area contributed by atoms with Crippen molar-refractivity contribution in [3.63, 3.8) is 0 Å². The second-order valence-corrected chi connectivity index (χ2v) is 6.95. The summed E-state index contributed by atoms with van der Waals surface area (Å²) in [5.41, 5.74) is 0.878. The van der Waals surface area contributed by atoms with Crippen molar-refractivity contribution in [1.29, 1.82) is 0 Å². The molecule has 1 aromatic heterocycles. The molecule has 1 aromatic carbocycles. The largest absolute Gasteiger partial charge is 0.504 e. The van der Waals surface area contributed by atoms with Gasteiger partial charge in [-0.1, -0.05) is 43.5 Å². The SMILES string of the molecule is O=C(C/C=C/Cc1ccc(O)c(O)c1)N(c1ccccn1)C1CCCCC1. The molecule has 0 unspecified atom stereocenters. The zero-order valence-electron chi connectivity index (χ0n) is 15.4. The zero-order valence-corrected chi connectivity index (χ0v) is 15.4. The van der Waals surface area contributed by atoms with Gasteiger partial charge in [0, 0.05) is 18.7 Å². The Balaban J connectivity index is 1.64. The Bertz CT molecular complexity index is 783. The first-order chi connectivity index (χ1) is 13.1.